The van der Waals surface area contributed by atoms with Crippen molar-refractivity contribution in [3.05, 3.63) is 35.6 Å². The van der Waals surface area contributed by atoms with Gasteiger partial charge in [0.2, 0.25) is 5.91 Å². The second-order valence-corrected chi connectivity index (χ2v) is 4.67. The highest BCUT2D eigenvalue weighted by Crippen LogP contribution is 2.10. The van der Waals surface area contributed by atoms with E-state index < -0.39 is 0 Å². The van der Waals surface area contributed by atoms with E-state index in [-0.39, 0.29) is 36.8 Å². The van der Waals surface area contributed by atoms with E-state index in [4.69, 9.17) is 4.74 Å². The van der Waals surface area contributed by atoms with Crippen LogP contribution in [0.5, 0.6) is 0 Å². The Hall–Kier alpha value is -1.17. The third-order valence-corrected chi connectivity index (χ3v) is 3.08. The number of benzene rings is 1. The number of rotatable bonds is 6. The van der Waals surface area contributed by atoms with Crippen LogP contribution in [-0.4, -0.2) is 31.7 Å². The van der Waals surface area contributed by atoms with E-state index in [0.717, 1.165) is 25.0 Å². The van der Waals surface area contributed by atoms with E-state index in [1.807, 2.05) is 0 Å². The standard InChI is InChI=1S/C14H19FN2O2.ClH/c15-12-5-3-11(4-6-12)8-17-14(18)10-16-9-13-2-1-7-19-13;/h3-6,13,16H,1-2,7-10H2,(H,17,18);1H. The maximum Gasteiger partial charge on any atom is 0.234 e. The molecular weight excluding hydrogens is 283 g/mol. The molecule has 6 heteroatoms. The van der Waals surface area contributed by atoms with Gasteiger partial charge >= 0.3 is 0 Å². The van der Waals surface area contributed by atoms with Crippen molar-refractivity contribution in [1.82, 2.24) is 10.6 Å². The summed E-state index contributed by atoms with van der Waals surface area (Å²) in [6.07, 6.45) is 2.40. The molecule has 0 aliphatic carbocycles. The Morgan fingerprint density at radius 2 is 2.10 bits per heavy atom. The molecule has 1 heterocycles. The number of hydrogen-bond donors (Lipinski definition) is 2. The van der Waals surface area contributed by atoms with Crippen molar-refractivity contribution in [1.29, 1.82) is 0 Å². The molecule has 4 nitrogen and oxygen atoms in total. The molecule has 112 valence electrons. The number of halogens is 2. The minimum atomic E-state index is -0.270. The van der Waals surface area contributed by atoms with Gasteiger partial charge in [-0.1, -0.05) is 12.1 Å². The van der Waals surface area contributed by atoms with E-state index in [2.05, 4.69) is 10.6 Å². The van der Waals surface area contributed by atoms with E-state index in [1.54, 1.807) is 12.1 Å². The van der Waals surface area contributed by atoms with Crippen molar-refractivity contribution in [3.63, 3.8) is 0 Å². The van der Waals surface area contributed by atoms with Gasteiger partial charge in [-0.15, -0.1) is 12.4 Å². The largest absolute Gasteiger partial charge is 0.377 e. The predicted octanol–water partition coefficient (Wildman–Crippen LogP) is 1.63. The zero-order valence-electron chi connectivity index (χ0n) is 11.2. The summed E-state index contributed by atoms with van der Waals surface area (Å²) >= 11 is 0. The van der Waals surface area contributed by atoms with Gasteiger partial charge in [-0.05, 0) is 30.5 Å². The Kier molecular flexibility index (Phi) is 7.51. The summed E-state index contributed by atoms with van der Waals surface area (Å²) in [7, 11) is 0. The van der Waals surface area contributed by atoms with Gasteiger partial charge in [-0.3, -0.25) is 4.79 Å². The van der Waals surface area contributed by atoms with Crippen molar-refractivity contribution in [2.75, 3.05) is 19.7 Å². The Balaban J connectivity index is 0.00000200. The number of nitrogens with one attached hydrogen (secondary N) is 2. The van der Waals surface area contributed by atoms with Crippen molar-refractivity contribution < 1.29 is 13.9 Å². The second kappa shape index (κ2) is 8.89. The van der Waals surface area contributed by atoms with Gasteiger partial charge in [0.25, 0.3) is 0 Å². The summed E-state index contributed by atoms with van der Waals surface area (Å²) in [5.41, 5.74) is 0.883. The SMILES string of the molecule is Cl.O=C(CNCC1CCCO1)NCc1ccc(F)cc1. The van der Waals surface area contributed by atoms with E-state index in [0.29, 0.717) is 13.1 Å². The van der Waals surface area contributed by atoms with Crippen LogP contribution < -0.4 is 10.6 Å². The highest BCUT2D eigenvalue weighted by atomic mass is 35.5. The van der Waals surface area contributed by atoms with Crippen LogP contribution in [0.15, 0.2) is 24.3 Å². The molecule has 0 saturated carbocycles. The molecule has 1 aromatic carbocycles. The fourth-order valence-electron chi connectivity index (χ4n) is 2.02. The van der Waals surface area contributed by atoms with Crippen molar-refractivity contribution in [3.8, 4) is 0 Å². The lowest BCUT2D eigenvalue weighted by molar-refractivity contribution is -0.120. The van der Waals surface area contributed by atoms with E-state index >= 15 is 0 Å². The molecule has 1 aromatic rings. The molecule has 0 spiro atoms. The molecule has 1 unspecified atom stereocenters. The topological polar surface area (TPSA) is 50.4 Å². The van der Waals surface area contributed by atoms with Crippen LogP contribution in [0.25, 0.3) is 0 Å². The van der Waals surface area contributed by atoms with Crippen LogP contribution in [-0.2, 0) is 16.1 Å². The Morgan fingerprint density at radius 3 is 2.75 bits per heavy atom. The lowest BCUT2D eigenvalue weighted by Crippen LogP contribution is -2.36. The molecular formula is C14H20ClFN2O2. The summed E-state index contributed by atoms with van der Waals surface area (Å²) in [4.78, 5) is 11.6. The molecule has 1 aliphatic heterocycles. The van der Waals surface area contributed by atoms with Crippen molar-refractivity contribution in [2.24, 2.45) is 0 Å². The summed E-state index contributed by atoms with van der Waals surface area (Å²) in [6.45, 7) is 2.23. The van der Waals surface area contributed by atoms with Crippen molar-refractivity contribution in [2.45, 2.75) is 25.5 Å². The summed E-state index contributed by atoms with van der Waals surface area (Å²) in [5.74, 6) is -0.337. The molecule has 0 aromatic heterocycles. The first-order valence-electron chi connectivity index (χ1n) is 6.57. The number of ether oxygens (including phenoxy) is 1. The maximum absolute atomic E-state index is 12.7. The van der Waals surface area contributed by atoms with E-state index in [1.165, 1.54) is 12.1 Å². The fourth-order valence-corrected chi connectivity index (χ4v) is 2.02. The molecule has 1 aliphatic rings. The van der Waals surface area contributed by atoms with E-state index in [9.17, 15) is 9.18 Å². The van der Waals surface area contributed by atoms with Gasteiger partial charge in [0.05, 0.1) is 12.6 Å². The van der Waals surface area contributed by atoms with Gasteiger partial charge in [-0.25, -0.2) is 4.39 Å². The van der Waals surface area contributed by atoms with Crippen LogP contribution in [0.4, 0.5) is 4.39 Å². The fraction of sp³-hybridized carbons (Fsp3) is 0.500. The zero-order valence-corrected chi connectivity index (χ0v) is 12.0. The normalized spacial score (nSPS) is 17.6. The number of amides is 1. The Labute approximate surface area is 124 Å². The Morgan fingerprint density at radius 1 is 1.35 bits per heavy atom. The molecule has 1 atom stereocenters. The first-order valence-corrected chi connectivity index (χ1v) is 6.57. The molecule has 2 N–H and O–H groups in total. The van der Waals surface area contributed by atoms with Crippen LogP contribution in [0.2, 0.25) is 0 Å². The molecule has 1 saturated heterocycles. The predicted molar refractivity (Wildman–Crippen MR) is 77.3 cm³/mol. The third-order valence-electron chi connectivity index (χ3n) is 3.08. The van der Waals surface area contributed by atoms with Gasteiger partial charge in [0.1, 0.15) is 5.82 Å². The van der Waals surface area contributed by atoms with Gasteiger partial charge < -0.3 is 15.4 Å². The second-order valence-electron chi connectivity index (χ2n) is 4.67. The summed E-state index contributed by atoms with van der Waals surface area (Å²) in [5, 5.41) is 5.85. The van der Waals surface area contributed by atoms with Gasteiger partial charge in [-0.2, -0.15) is 0 Å². The number of carbonyl (C=O) groups is 1. The average molecular weight is 303 g/mol. The average Bonchev–Trinajstić information content (AvgIpc) is 2.91. The number of carbonyl (C=O) groups excluding carboxylic acids is 1. The van der Waals surface area contributed by atoms with Crippen LogP contribution in [0.1, 0.15) is 18.4 Å². The quantitative estimate of drug-likeness (QED) is 0.840. The smallest absolute Gasteiger partial charge is 0.234 e. The molecule has 0 bridgehead atoms. The monoisotopic (exact) mass is 302 g/mol. The summed E-state index contributed by atoms with van der Waals surface area (Å²) in [6, 6.07) is 6.10. The minimum Gasteiger partial charge on any atom is -0.377 e. The van der Waals surface area contributed by atoms with Gasteiger partial charge in [0.15, 0.2) is 0 Å². The number of hydrogen-bond acceptors (Lipinski definition) is 3. The molecule has 1 amide bonds. The zero-order chi connectivity index (χ0) is 13.5. The highest BCUT2D eigenvalue weighted by Gasteiger charge is 2.14. The molecule has 2 rings (SSSR count). The lowest BCUT2D eigenvalue weighted by Gasteiger charge is -2.10. The Bertz CT molecular complexity index is 408. The maximum atomic E-state index is 12.7. The third kappa shape index (κ3) is 5.86. The van der Waals surface area contributed by atoms with Crippen LogP contribution in [0, 0.1) is 5.82 Å². The highest BCUT2D eigenvalue weighted by molar-refractivity contribution is 5.85. The summed E-state index contributed by atoms with van der Waals surface area (Å²) < 4.78 is 18.1. The molecule has 20 heavy (non-hydrogen) atoms. The molecule has 1 fully saturated rings. The van der Waals surface area contributed by atoms with Gasteiger partial charge in [0, 0.05) is 19.7 Å². The first kappa shape index (κ1) is 16.9. The van der Waals surface area contributed by atoms with Crippen molar-refractivity contribution >= 4 is 18.3 Å². The lowest BCUT2D eigenvalue weighted by atomic mass is 10.2. The molecule has 0 radical (unpaired) electrons. The van der Waals surface area contributed by atoms with Crippen LogP contribution in [0.3, 0.4) is 0 Å². The first-order chi connectivity index (χ1) is 9.24. The minimum absolute atomic E-state index is 0. The van der Waals surface area contributed by atoms with Crippen LogP contribution >= 0.6 is 12.4 Å².